The van der Waals surface area contributed by atoms with Gasteiger partial charge in [-0.15, -0.1) is 0 Å². The van der Waals surface area contributed by atoms with E-state index in [-0.39, 0.29) is 0 Å². The molecule has 58 valence electrons. The zero-order chi connectivity index (χ0) is 7.84. The Labute approximate surface area is 68.9 Å². The Morgan fingerprint density at radius 2 is 2.00 bits per heavy atom. The highest BCUT2D eigenvalue weighted by Gasteiger charge is 2.15. The molecule has 1 unspecified atom stereocenters. The summed E-state index contributed by atoms with van der Waals surface area (Å²) in [6.07, 6.45) is 0. The molecule has 2 rings (SSSR count). The molecule has 0 radical (unpaired) electrons. The van der Waals surface area contributed by atoms with E-state index in [1.165, 1.54) is 16.7 Å². The molecule has 1 aliphatic heterocycles. The number of rotatable bonds is 0. The van der Waals surface area contributed by atoms with Crippen molar-refractivity contribution >= 4 is 10.8 Å². The quantitative estimate of drug-likeness (QED) is 0.574. The first-order valence-corrected chi connectivity index (χ1v) is 5.18. The summed E-state index contributed by atoms with van der Waals surface area (Å²) in [4.78, 5) is 0. The van der Waals surface area contributed by atoms with Gasteiger partial charge >= 0.3 is 0 Å². The summed E-state index contributed by atoms with van der Waals surface area (Å²) < 4.78 is 11.1. The van der Waals surface area contributed by atoms with Gasteiger partial charge in [-0.1, -0.05) is 23.8 Å². The van der Waals surface area contributed by atoms with Crippen LogP contribution in [-0.2, 0) is 22.3 Å². The van der Waals surface area contributed by atoms with Crippen LogP contribution in [0.2, 0.25) is 0 Å². The zero-order valence-corrected chi connectivity index (χ0v) is 7.28. The van der Waals surface area contributed by atoms with Crippen molar-refractivity contribution in [1.29, 1.82) is 0 Å². The van der Waals surface area contributed by atoms with Crippen LogP contribution in [-0.4, -0.2) is 4.21 Å². The van der Waals surface area contributed by atoms with E-state index in [1.807, 2.05) is 0 Å². The van der Waals surface area contributed by atoms with E-state index in [4.69, 9.17) is 0 Å². The predicted octanol–water partition coefficient (Wildman–Crippen LogP) is 1.76. The van der Waals surface area contributed by atoms with Crippen LogP contribution in [0.1, 0.15) is 16.7 Å². The highest BCUT2D eigenvalue weighted by Crippen LogP contribution is 2.22. The Morgan fingerprint density at radius 1 is 1.27 bits per heavy atom. The summed E-state index contributed by atoms with van der Waals surface area (Å²) in [6.45, 7) is 2.07. The topological polar surface area (TPSA) is 17.1 Å². The van der Waals surface area contributed by atoms with Crippen LogP contribution in [0, 0.1) is 6.92 Å². The summed E-state index contributed by atoms with van der Waals surface area (Å²) in [5.74, 6) is 1.52. The van der Waals surface area contributed by atoms with E-state index in [2.05, 4.69) is 25.1 Å². The van der Waals surface area contributed by atoms with Crippen LogP contribution in [0.3, 0.4) is 0 Å². The molecule has 0 aliphatic carbocycles. The zero-order valence-electron chi connectivity index (χ0n) is 6.46. The van der Waals surface area contributed by atoms with E-state index in [0.29, 0.717) is 0 Å². The molecule has 0 saturated carbocycles. The lowest BCUT2D eigenvalue weighted by Gasteiger charge is -1.96. The first kappa shape index (κ1) is 7.04. The highest BCUT2D eigenvalue weighted by atomic mass is 32.2. The molecule has 0 fully saturated rings. The maximum absolute atomic E-state index is 11.1. The van der Waals surface area contributed by atoms with Gasteiger partial charge in [-0.05, 0) is 18.1 Å². The van der Waals surface area contributed by atoms with Gasteiger partial charge in [0.05, 0.1) is 0 Å². The van der Waals surface area contributed by atoms with Crippen molar-refractivity contribution in [3.8, 4) is 0 Å². The van der Waals surface area contributed by atoms with Crippen molar-refractivity contribution in [2.24, 2.45) is 0 Å². The molecule has 0 spiro atoms. The molecule has 1 heterocycles. The van der Waals surface area contributed by atoms with E-state index < -0.39 is 10.8 Å². The molecular weight excluding hydrogens is 156 g/mol. The fraction of sp³-hybridized carbons (Fsp3) is 0.333. The molecule has 0 saturated heterocycles. The average molecular weight is 166 g/mol. The van der Waals surface area contributed by atoms with E-state index >= 15 is 0 Å². The molecule has 1 aliphatic rings. The molecule has 1 atom stereocenters. The van der Waals surface area contributed by atoms with Gasteiger partial charge in [0.25, 0.3) is 0 Å². The van der Waals surface area contributed by atoms with Crippen LogP contribution < -0.4 is 0 Å². The lowest BCUT2D eigenvalue weighted by Crippen LogP contribution is -1.82. The van der Waals surface area contributed by atoms with E-state index in [9.17, 15) is 4.21 Å². The van der Waals surface area contributed by atoms with Gasteiger partial charge in [0, 0.05) is 22.3 Å². The summed E-state index contributed by atoms with van der Waals surface area (Å²) in [6, 6.07) is 6.32. The van der Waals surface area contributed by atoms with Crippen LogP contribution in [0.15, 0.2) is 18.2 Å². The Kier molecular flexibility index (Phi) is 1.57. The third-order valence-corrected chi connectivity index (χ3v) is 3.26. The van der Waals surface area contributed by atoms with Gasteiger partial charge in [0.15, 0.2) is 0 Å². The van der Waals surface area contributed by atoms with Crippen LogP contribution >= 0.6 is 0 Å². The molecule has 0 amide bonds. The molecule has 0 N–H and O–H groups in total. The van der Waals surface area contributed by atoms with Crippen molar-refractivity contribution in [2.75, 3.05) is 0 Å². The number of hydrogen-bond donors (Lipinski definition) is 0. The van der Waals surface area contributed by atoms with Crippen LogP contribution in [0.4, 0.5) is 0 Å². The molecule has 1 aromatic carbocycles. The first-order valence-electron chi connectivity index (χ1n) is 3.69. The minimum atomic E-state index is -0.628. The van der Waals surface area contributed by atoms with Crippen molar-refractivity contribution in [2.45, 2.75) is 18.4 Å². The third-order valence-electron chi connectivity index (χ3n) is 1.99. The molecular formula is C9H10OS. The minimum absolute atomic E-state index is 0.628. The van der Waals surface area contributed by atoms with Gasteiger partial charge < -0.3 is 0 Å². The molecule has 2 heteroatoms. The standard InChI is InChI=1S/C9H10OS/c1-7-2-3-8-5-11(10)6-9(8)4-7/h2-4H,5-6H2,1H3. The molecule has 1 nitrogen and oxygen atoms in total. The molecule has 0 bridgehead atoms. The average Bonchev–Trinajstić information content (AvgIpc) is 2.27. The fourth-order valence-electron chi connectivity index (χ4n) is 1.43. The number of fused-ring (bicyclic) bond motifs is 1. The number of benzene rings is 1. The van der Waals surface area contributed by atoms with Crippen molar-refractivity contribution < 1.29 is 4.21 Å². The second kappa shape index (κ2) is 2.45. The maximum atomic E-state index is 11.1. The first-order chi connectivity index (χ1) is 5.25. The Hall–Kier alpha value is -0.630. The fourth-order valence-corrected chi connectivity index (χ4v) is 2.77. The van der Waals surface area contributed by atoms with Gasteiger partial charge in [-0.2, -0.15) is 0 Å². The Balaban J connectivity index is 2.51. The second-order valence-corrected chi connectivity index (χ2v) is 4.46. The smallest absolute Gasteiger partial charge is 0.0492 e. The van der Waals surface area contributed by atoms with Gasteiger partial charge in [-0.25, -0.2) is 0 Å². The molecule has 0 aromatic heterocycles. The highest BCUT2D eigenvalue weighted by molar-refractivity contribution is 7.83. The Bertz CT molecular complexity index is 317. The minimum Gasteiger partial charge on any atom is -0.259 e. The van der Waals surface area contributed by atoms with Crippen molar-refractivity contribution in [3.63, 3.8) is 0 Å². The second-order valence-electron chi connectivity index (χ2n) is 3.00. The predicted molar refractivity (Wildman–Crippen MR) is 46.7 cm³/mol. The SMILES string of the molecule is Cc1ccc2c(c1)CS(=O)C2. The number of hydrogen-bond acceptors (Lipinski definition) is 1. The molecule has 11 heavy (non-hydrogen) atoms. The lowest BCUT2D eigenvalue weighted by atomic mass is 10.1. The van der Waals surface area contributed by atoms with Gasteiger partial charge in [0.2, 0.25) is 0 Å². The number of aryl methyl sites for hydroxylation is 1. The molecule has 1 aromatic rings. The summed E-state index contributed by atoms with van der Waals surface area (Å²) in [5.41, 5.74) is 3.82. The summed E-state index contributed by atoms with van der Waals surface area (Å²) >= 11 is 0. The van der Waals surface area contributed by atoms with E-state index in [0.717, 1.165) is 11.5 Å². The van der Waals surface area contributed by atoms with Crippen molar-refractivity contribution in [3.05, 3.63) is 34.9 Å². The third kappa shape index (κ3) is 1.23. The van der Waals surface area contributed by atoms with Gasteiger partial charge in [-0.3, -0.25) is 4.21 Å². The maximum Gasteiger partial charge on any atom is 0.0492 e. The van der Waals surface area contributed by atoms with E-state index in [1.54, 1.807) is 0 Å². The lowest BCUT2D eigenvalue weighted by molar-refractivity contribution is 0.684. The van der Waals surface area contributed by atoms with Gasteiger partial charge in [0.1, 0.15) is 0 Å². The summed E-state index contributed by atoms with van der Waals surface area (Å²) in [5, 5.41) is 0. The normalized spacial score (nSPS) is 21.7. The van der Waals surface area contributed by atoms with Crippen LogP contribution in [0.25, 0.3) is 0 Å². The Morgan fingerprint density at radius 3 is 2.82 bits per heavy atom. The monoisotopic (exact) mass is 166 g/mol. The summed E-state index contributed by atoms with van der Waals surface area (Å²) in [7, 11) is -0.628. The largest absolute Gasteiger partial charge is 0.259 e. The van der Waals surface area contributed by atoms with Crippen LogP contribution in [0.5, 0.6) is 0 Å². The van der Waals surface area contributed by atoms with Crippen molar-refractivity contribution in [1.82, 2.24) is 0 Å².